The van der Waals surface area contributed by atoms with Crippen molar-refractivity contribution < 1.29 is 23.1 Å². The first kappa shape index (κ1) is 19.7. The molecule has 26 heavy (non-hydrogen) atoms. The van der Waals surface area contributed by atoms with Gasteiger partial charge in [0.1, 0.15) is 5.75 Å². The number of carbonyl (C=O) groups excluding carboxylic acids is 2. The fourth-order valence-corrected chi connectivity index (χ4v) is 2.84. The van der Waals surface area contributed by atoms with Crippen LogP contribution in [0, 0.1) is 0 Å². The average Bonchev–Trinajstić information content (AvgIpc) is 2.61. The fraction of sp³-hybridized carbons (Fsp3) is 0.222. The van der Waals surface area contributed by atoms with Crippen LogP contribution in [0.15, 0.2) is 53.4 Å². The zero-order chi connectivity index (χ0) is 19.1. The van der Waals surface area contributed by atoms with E-state index in [-0.39, 0.29) is 17.0 Å². The lowest BCUT2D eigenvalue weighted by Crippen LogP contribution is -2.35. The molecule has 2 amide bonds. The highest BCUT2D eigenvalue weighted by molar-refractivity contribution is 7.99. The highest BCUT2D eigenvalue weighted by Crippen LogP contribution is 2.29. The highest BCUT2D eigenvalue weighted by atomic mass is 32.2. The SMILES string of the molecule is COc1ccc(NC(=O)CN(C)C(=O)c2ccccc2SC(F)F)cc1. The molecule has 0 aliphatic rings. The highest BCUT2D eigenvalue weighted by Gasteiger charge is 2.20. The molecule has 0 aliphatic heterocycles. The minimum atomic E-state index is -2.63. The van der Waals surface area contributed by atoms with Gasteiger partial charge in [-0.3, -0.25) is 9.59 Å². The molecule has 2 aromatic rings. The first-order chi connectivity index (χ1) is 12.4. The van der Waals surface area contributed by atoms with Gasteiger partial charge in [-0.1, -0.05) is 23.9 Å². The maximum atomic E-state index is 12.6. The number of amides is 2. The predicted molar refractivity (Wildman–Crippen MR) is 96.9 cm³/mol. The predicted octanol–water partition coefficient (Wildman–Crippen LogP) is 3.72. The molecular formula is C18H18F2N2O3S. The first-order valence-electron chi connectivity index (χ1n) is 7.64. The Balaban J connectivity index is 2.01. The molecule has 0 saturated carbocycles. The molecule has 8 heteroatoms. The van der Waals surface area contributed by atoms with Crippen LogP contribution in [0.2, 0.25) is 0 Å². The number of methoxy groups -OCH3 is 1. The number of likely N-dealkylation sites (N-methyl/N-ethyl adjacent to an activating group) is 1. The van der Waals surface area contributed by atoms with Gasteiger partial charge in [0.2, 0.25) is 5.91 Å². The second-order valence-corrected chi connectivity index (χ2v) is 6.34. The Morgan fingerprint density at radius 3 is 2.42 bits per heavy atom. The molecule has 0 atom stereocenters. The van der Waals surface area contributed by atoms with Gasteiger partial charge in [0.25, 0.3) is 11.7 Å². The number of hydrogen-bond acceptors (Lipinski definition) is 4. The summed E-state index contributed by atoms with van der Waals surface area (Å²) in [6.07, 6.45) is 0. The second kappa shape index (κ2) is 9.19. The summed E-state index contributed by atoms with van der Waals surface area (Å²) < 4.78 is 30.3. The van der Waals surface area contributed by atoms with Crippen LogP contribution in [-0.4, -0.2) is 43.2 Å². The first-order valence-corrected chi connectivity index (χ1v) is 8.52. The van der Waals surface area contributed by atoms with Gasteiger partial charge in [-0.05, 0) is 36.4 Å². The molecule has 138 valence electrons. The summed E-state index contributed by atoms with van der Waals surface area (Å²) in [6, 6.07) is 12.8. The number of halogens is 2. The Morgan fingerprint density at radius 1 is 1.15 bits per heavy atom. The largest absolute Gasteiger partial charge is 0.497 e. The Labute approximate surface area is 154 Å². The van der Waals surface area contributed by atoms with Gasteiger partial charge in [-0.15, -0.1) is 0 Å². The zero-order valence-electron chi connectivity index (χ0n) is 14.2. The third kappa shape index (κ3) is 5.45. The van der Waals surface area contributed by atoms with Crippen molar-refractivity contribution in [3.05, 3.63) is 54.1 Å². The van der Waals surface area contributed by atoms with E-state index in [1.165, 1.54) is 24.1 Å². The molecule has 0 spiro atoms. The van der Waals surface area contributed by atoms with Gasteiger partial charge >= 0.3 is 0 Å². The number of alkyl halides is 2. The van der Waals surface area contributed by atoms with Crippen molar-refractivity contribution in [1.29, 1.82) is 0 Å². The van der Waals surface area contributed by atoms with Gasteiger partial charge in [0.05, 0.1) is 19.2 Å². The van der Waals surface area contributed by atoms with Crippen LogP contribution in [0.4, 0.5) is 14.5 Å². The molecule has 0 bridgehead atoms. The zero-order valence-corrected chi connectivity index (χ0v) is 15.1. The number of rotatable bonds is 7. The van der Waals surface area contributed by atoms with E-state index in [2.05, 4.69) is 5.32 Å². The monoisotopic (exact) mass is 380 g/mol. The van der Waals surface area contributed by atoms with Crippen LogP contribution in [0.5, 0.6) is 5.75 Å². The average molecular weight is 380 g/mol. The van der Waals surface area contributed by atoms with Crippen molar-refractivity contribution in [3.63, 3.8) is 0 Å². The lowest BCUT2D eigenvalue weighted by atomic mass is 10.2. The summed E-state index contributed by atoms with van der Waals surface area (Å²) in [6.45, 7) is -0.210. The minimum Gasteiger partial charge on any atom is -0.497 e. The quantitative estimate of drug-likeness (QED) is 0.744. The number of hydrogen-bond donors (Lipinski definition) is 1. The summed E-state index contributed by atoms with van der Waals surface area (Å²) in [5.74, 6) is -2.88. The molecule has 0 aromatic heterocycles. The van der Waals surface area contributed by atoms with E-state index in [1.807, 2.05) is 0 Å². The van der Waals surface area contributed by atoms with Crippen molar-refractivity contribution in [1.82, 2.24) is 4.90 Å². The summed E-state index contributed by atoms with van der Waals surface area (Å²) in [5, 5.41) is 2.66. The molecule has 1 N–H and O–H groups in total. The molecule has 2 aromatic carbocycles. The van der Waals surface area contributed by atoms with Crippen molar-refractivity contribution in [2.45, 2.75) is 10.7 Å². The van der Waals surface area contributed by atoms with E-state index in [1.54, 1.807) is 43.5 Å². The molecule has 0 unspecified atom stereocenters. The topological polar surface area (TPSA) is 58.6 Å². The molecule has 0 aliphatic carbocycles. The summed E-state index contributed by atoms with van der Waals surface area (Å²) in [7, 11) is 2.98. The number of thioether (sulfide) groups is 1. The molecular weight excluding hydrogens is 362 g/mol. The molecule has 2 rings (SSSR count). The molecule has 0 radical (unpaired) electrons. The van der Waals surface area contributed by atoms with Crippen molar-refractivity contribution in [2.75, 3.05) is 26.0 Å². The molecule has 0 heterocycles. The van der Waals surface area contributed by atoms with E-state index in [9.17, 15) is 18.4 Å². The van der Waals surface area contributed by atoms with Gasteiger partial charge in [0.15, 0.2) is 0 Å². The number of nitrogens with one attached hydrogen (secondary N) is 1. The van der Waals surface area contributed by atoms with Crippen LogP contribution in [0.1, 0.15) is 10.4 Å². The van der Waals surface area contributed by atoms with E-state index in [4.69, 9.17) is 4.74 Å². The Hall–Kier alpha value is -2.61. The van der Waals surface area contributed by atoms with Crippen molar-refractivity contribution in [2.24, 2.45) is 0 Å². The van der Waals surface area contributed by atoms with E-state index in [0.29, 0.717) is 23.2 Å². The Bertz CT molecular complexity index is 769. The summed E-state index contributed by atoms with van der Waals surface area (Å²) in [4.78, 5) is 26.0. The Kier molecular flexibility index (Phi) is 6.97. The van der Waals surface area contributed by atoms with Crippen LogP contribution < -0.4 is 10.1 Å². The number of carbonyl (C=O) groups is 2. The molecule has 5 nitrogen and oxygen atoms in total. The number of anilines is 1. The van der Waals surface area contributed by atoms with Crippen LogP contribution >= 0.6 is 11.8 Å². The van der Waals surface area contributed by atoms with Gasteiger partial charge in [0, 0.05) is 17.6 Å². The molecule has 0 fully saturated rings. The van der Waals surface area contributed by atoms with E-state index in [0.717, 1.165) is 0 Å². The maximum Gasteiger partial charge on any atom is 0.288 e. The lowest BCUT2D eigenvalue weighted by molar-refractivity contribution is -0.116. The summed E-state index contributed by atoms with van der Waals surface area (Å²) >= 11 is 0.303. The van der Waals surface area contributed by atoms with Crippen molar-refractivity contribution >= 4 is 29.3 Å². The smallest absolute Gasteiger partial charge is 0.288 e. The summed E-state index contributed by atoms with van der Waals surface area (Å²) in [5.41, 5.74) is 0.697. The van der Waals surface area contributed by atoms with E-state index >= 15 is 0 Å². The van der Waals surface area contributed by atoms with Crippen molar-refractivity contribution in [3.8, 4) is 5.75 Å². The maximum absolute atomic E-state index is 12.6. The standard InChI is InChI=1S/C18H18F2N2O3S/c1-22(11-16(23)21-12-7-9-13(25-2)10-8-12)17(24)14-5-3-4-6-15(14)26-18(19)20/h3-10,18H,11H2,1-2H3,(H,21,23). The number of ether oxygens (including phenoxy) is 1. The van der Waals surface area contributed by atoms with E-state index < -0.39 is 17.6 Å². The number of benzene rings is 2. The third-order valence-corrected chi connectivity index (χ3v) is 4.22. The normalized spacial score (nSPS) is 10.5. The van der Waals surface area contributed by atoms with Crippen LogP contribution in [-0.2, 0) is 4.79 Å². The minimum absolute atomic E-state index is 0.137. The third-order valence-electron chi connectivity index (χ3n) is 3.43. The van der Waals surface area contributed by atoms with Gasteiger partial charge in [-0.25, -0.2) is 0 Å². The van der Waals surface area contributed by atoms with Gasteiger partial charge in [-0.2, -0.15) is 8.78 Å². The lowest BCUT2D eigenvalue weighted by Gasteiger charge is -2.18. The fourth-order valence-electron chi connectivity index (χ4n) is 2.21. The second-order valence-electron chi connectivity index (χ2n) is 5.31. The number of nitrogens with zero attached hydrogens (tertiary/aromatic N) is 1. The molecule has 0 saturated heterocycles. The van der Waals surface area contributed by atoms with Gasteiger partial charge < -0.3 is 15.0 Å². The Morgan fingerprint density at radius 2 is 1.81 bits per heavy atom. The van der Waals surface area contributed by atoms with Crippen LogP contribution in [0.3, 0.4) is 0 Å². The van der Waals surface area contributed by atoms with Crippen LogP contribution in [0.25, 0.3) is 0 Å².